The van der Waals surface area contributed by atoms with Gasteiger partial charge >= 0.3 is 71.6 Å². The van der Waals surface area contributed by atoms with Crippen molar-refractivity contribution in [1.29, 1.82) is 0 Å². The summed E-state index contributed by atoms with van der Waals surface area (Å²) in [5.74, 6) is -85.4. The maximum atomic E-state index is 15.1. The van der Waals surface area contributed by atoms with Crippen LogP contribution in [0.5, 0.6) is 0 Å². The van der Waals surface area contributed by atoms with E-state index in [0.29, 0.717) is 0 Å². The molecule has 0 bridgehead atoms. The Labute approximate surface area is 276 Å². The van der Waals surface area contributed by atoms with Crippen molar-refractivity contribution in [2.45, 2.75) is 80.6 Å². The van der Waals surface area contributed by atoms with Crippen molar-refractivity contribution in [2.24, 2.45) is 0 Å². The number of benzene rings is 1. The zero-order chi connectivity index (χ0) is 40.0. The van der Waals surface area contributed by atoms with Gasteiger partial charge in [0.2, 0.25) is 0 Å². The van der Waals surface area contributed by atoms with Crippen molar-refractivity contribution in [1.82, 2.24) is 0 Å². The Kier molecular flexibility index (Phi) is 11.7. The second-order valence-corrected chi connectivity index (χ2v) is 12.9. The summed E-state index contributed by atoms with van der Waals surface area (Å²) in [6.07, 6.45) is -16.0. The SMILES string of the molecule is FC(F)(F)C(F)(F)C(F)(F)C(F)(F)C(F)(F)C(F)(F)c1cc(CBr)c(C(Br)Br)cc1C(F)(F)C(F)(F)C(F)(F)C(F)(F)C(F)(F)C(F)(F)F. The highest BCUT2D eigenvalue weighted by Crippen LogP contribution is 2.66. The molecule has 0 radical (unpaired) electrons. The first-order valence-electron chi connectivity index (χ1n) is 10.9. The Bertz CT molecular complexity index is 1370. The van der Waals surface area contributed by atoms with E-state index >= 15 is 17.6 Å². The molecule has 0 aliphatic rings. The molecule has 0 N–H and O–H groups in total. The van der Waals surface area contributed by atoms with E-state index in [9.17, 15) is 96.6 Å². The maximum absolute atomic E-state index is 15.1. The van der Waals surface area contributed by atoms with Crippen LogP contribution >= 0.6 is 47.8 Å². The molecule has 0 nitrogen and oxygen atoms in total. The molecule has 0 aliphatic heterocycles. The van der Waals surface area contributed by atoms with Crippen LogP contribution in [-0.2, 0) is 17.2 Å². The maximum Gasteiger partial charge on any atom is 0.460 e. The lowest BCUT2D eigenvalue weighted by Gasteiger charge is -2.42. The molecule has 0 unspecified atom stereocenters. The largest absolute Gasteiger partial charge is 0.460 e. The zero-order valence-corrected chi connectivity index (χ0v) is 26.2. The van der Waals surface area contributed by atoms with Gasteiger partial charge in [0.05, 0.1) is 3.74 Å². The highest BCUT2D eigenvalue weighted by molar-refractivity contribution is 9.24. The molecular weight excluding hydrogens is 974 g/mol. The highest BCUT2D eigenvalue weighted by atomic mass is 79.9. The van der Waals surface area contributed by atoms with Crippen LogP contribution in [0.3, 0.4) is 0 Å². The zero-order valence-electron chi connectivity index (χ0n) is 21.4. The minimum atomic E-state index is -8.85. The predicted octanol–water partition coefficient (Wildman–Crippen LogP) is 12.8. The minimum Gasteiger partial charge on any atom is -0.194 e. The fraction of sp³-hybridized carbons (Fsp3) is 0.700. The lowest BCUT2D eigenvalue weighted by atomic mass is 9.82. The molecule has 0 saturated carbocycles. The third kappa shape index (κ3) is 6.24. The molecule has 49 heavy (non-hydrogen) atoms. The molecule has 1 aromatic rings. The number of alkyl halides is 29. The van der Waals surface area contributed by atoms with Gasteiger partial charge in [-0.1, -0.05) is 47.8 Å². The summed E-state index contributed by atoms with van der Waals surface area (Å²) in [6.45, 7) is 0. The second-order valence-electron chi connectivity index (χ2n) is 9.27. The number of rotatable bonds is 12. The molecule has 0 heterocycles. The van der Waals surface area contributed by atoms with E-state index in [0.717, 1.165) is 0 Å². The average molecular weight is 979 g/mol. The molecule has 1 rings (SSSR count). The van der Waals surface area contributed by atoms with Crippen LogP contribution in [0.25, 0.3) is 0 Å². The average Bonchev–Trinajstić information content (AvgIpc) is 2.89. The lowest BCUT2D eigenvalue weighted by molar-refractivity contribution is -0.444. The Morgan fingerprint density at radius 1 is 0.388 bits per heavy atom. The Morgan fingerprint density at radius 2 is 0.633 bits per heavy atom. The van der Waals surface area contributed by atoms with Gasteiger partial charge in [0, 0.05) is 16.5 Å². The standard InChI is InChI=1S/C20H5Br3F26/c21-3-4-1-6(9(24,25)11(28,29)13(32,33)15(36,37)17(40,41)19(44,45)46)7(2-5(4)8(22)23)10(26,27)12(30,31)14(34,35)16(38,39)18(42,43)20(47,48)49/h1-2,8H,3H2. The molecule has 0 fully saturated rings. The molecule has 0 saturated heterocycles. The van der Waals surface area contributed by atoms with Gasteiger partial charge in [0.25, 0.3) is 0 Å². The van der Waals surface area contributed by atoms with Gasteiger partial charge in [0.1, 0.15) is 0 Å². The summed E-state index contributed by atoms with van der Waals surface area (Å²) in [5, 5.41) is -1.29. The van der Waals surface area contributed by atoms with E-state index in [1.54, 1.807) is 0 Å². The second kappa shape index (κ2) is 12.5. The number of hydrogen-bond acceptors (Lipinski definition) is 0. The van der Waals surface area contributed by atoms with Crippen LogP contribution < -0.4 is 0 Å². The summed E-state index contributed by atoms with van der Waals surface area (Å²) in [4.78, 5) is 0. The van der Waals surface area contributed by atoms with Crippen LogP contribution in [0.15, 0.2) is 12.1 Å². The van der Waals surface area contributed by atoms with Crippen LogP contribution in [0.1, 0.15) is 26.0 Å². The van der Waals surface area contributed by atoms with E-state index in [2.05, 4.69) is 47.8 Å². The van der Waals surface area contributed by atoms with E-state index in [4.69, 9.17) is 0 Å². The van der Waals surface area contributed by atoms with E-state index in [-0.39, 0.29) is 0 Å². The Balaban J connectivity index is 4.44. The molecular formula is C20H5Br3F26. The highest BCUT2D eigenvalue weighted by Gasteiger charge is 2.93. The monoisotopic (exact) mass is 976 g/mol. The molecule has 0 aromatic heterocycles. The first-order valence-corrected chi connectivity index (χ1v) is 13.9. The molecule has 288 valence electrons. The quantitative estimate of drug-likeness (QED) is 0.145. The molecule has 0 spiro atoms. The van der Waals surface area contributed by atoms with Crippen molar-refractivity contribution in [3.05, 3.63) is 34.4 Å². The fourth-order valence-electron chi connectivity index (χ4n) is 3.38. The minimum absolute atomic E-state index is 1.22. The number of hydrogen-bond donors (Lipinski definition) is 0. The van der Waals surface area contributed by atoms with Gasteiger partial charge in [0.15, 0.2) is 0 Å². The summed E-state index contributed by atoms with van der Waals surface area (Å²) < 4.78 is 354. The summed E-state index contributed by atoms with van der Waals surface area (Å²) in [6, 6.07) is -2.45. The van der Waals surface area contributed by atoms with Gasteiger partial charge < -0.3 is 0 Å². The third-order valence-electron chi connectivity index (χ3n) is 6.20. The van der Waals surface area contributed by atoms with Crippen molar-refractivity contribution in [2.75, 3.05) is 0 Å². The molecule has 0 aliphatic carbocycles. The summed E-state index contributed by atoms with van der Waals surface area (Å²) >= 11 is 6.82. The van der Waals surface area contributed by atoms with Crippen LogP contribution in [0.2, 0.25) is 0 Å². The number of halogens is 29. The molecule has 1 aromatic carbocycles. The van der Waals surface area contributed by atoms with E-state index < -0.39 is 115 Å². The van der Waals surface area contributed by atoms with Gasteiger partial charge in [-0.05, 0) is 23.3 Å². The molecule has 29 heteroatoms. The first kappa shape index (κ1) is 45.9. The lowest BCUT2D eigenvalue weighted by Crippen LogP contribution is -2.70. The van der Waals surface area contributed by atoms with Crippen molar-refractivity contribution in [3.8, 4) is 0 Å². The van der Waals surface area contributed by atoms with E-state index in [1.807, 2.05) is 0 Å². The van der Waals surface area contributed by atoms with Gasteiger partial charge in [-0.25, -0.2) is 0 Å². The summed E-state index contributed by atoms with van der Waals surface area (Å²) in [5.41, 5.74) is -11.2. The van der Waals surface area contributed by atoms with Crippen LogP contribution in [0, 0.1) is 0 Å². The van der Waals surface area contributed by atoms with Crippen molar-refractivity contribution < 1.29 is 114 Å². The van der Waals surface area contributed by atoms with Crippen molar-refractivity contribution in [3.63, 3.8) is 0 Å². The third-order valence-corrected chi connectivity index (χ3v) is 7.79. The topological polar surface area (TPSA) is 0 Å². The normalized spacial score (nSPS) is 16.1. The van der Waals surface area contributed by atoms with E-state index in [1.165, 1.54) is 0 Å². The molecule has 0 amide bonds. The smallest absolute Gasteiger partial charge is 0.194 e. The molecule has 0 atom stereocenters. The fourth-order valence-corrected chi connectivity index (χ4v) is 4.72. The predicted molar refractivity (Wildman–Crippen MR) is 119 cm³/mol. The first-order chi connectivity index (χ1) is 21.0. The van der Waals surface area contributed by atoms with Gasteiger partial charge in [-0.2, -0.15) is 114 Å². The Morgan fingerprint density at radius 3 is 0.857 bits per heavy atom. The summed E-state index contributed by atoms with van der Waals surface area (Å²) in [7, 11) is 0. The van der Waals surface area contributed by atoms with Crippen molar-refractivity contribution >= 4 is 47.8 Å². The van der Waals surface area contributed by atoms with Crippen LogP contribution in [-0.4, -0.2) is 59.7 Å². The van der Waals surface area contributed by atoms with Gasteiger partial charge in [-0.3, -0.25) is 0 Å². The van der Waals surface area contributed by atoms with Crippen LogP contribution in [0.4, 0.5) is 114 Å². The van der Waals surface area contributed by atoms with Gasteiger partial charge in [-0.15, -0.1) is 0 Å². The Hall–Kier alpha value is -1.16.